The molecule has 100 valence electrons. The lowest BCUT2D eigenvalue weighted by atomic mass is 10.0. The van der Waals surface area contributed by atoms with E-state index >= 15 is 0 Å². The summed E-state index contributed by atoms with van der Waals surface area (Å²) >= 11 is 0. The SMILES string of the molecule is CCC(C)(C)NC(=O)CS(=O)C(C)(C)C(=O)O. The fourth-order valence-electron chi connectivity index (χ4n) is 0.899. The van der Waals surface area contributed by atoms with Crippen LogP contribution < -0.4 is 5.32 Å². The summed E-state index contributed by atoms with van der Waals surface area (Å²) < 4.78 is 10.4. The normalized spacial score (nSPS) is 14.2. The van der Waals surface area contributed by atoms with Crippen molar-refractivity contribution in [2.45, 2.75) is 51.3 Å². The molecule has 0 saturated heterocycles. The molecule has 0 fully saturated rings. The highest BCUT2D eigenvalue weighted by Gasteiger charge is 2.36. The first-order chi connectivity index (χ1) is 7.53. The predicted octanol–water partition coefficient (Wildman–Crippen LogP) is 0.903. The van der Waals surface area contributed by atoms with Crippen LogP contribution in [0.25, 0.3) is 0 Å². The maximum atomic E-state index is 11.8. The Kier molecular flexibility index (Phi) is 5.32. The van der Waals surface area contributed by atoms with Gasteiger partial charge in [-0.2, -0.15) is 0 Å². The fourth-order valence-corrected chi connectivity index (χ4v) is 1.76. The van der Waals surface area contributed by atoms with Crippen molar-refractivity contribution in [2.24, 2.45) is 0 Å². The van der Waals surface area contributed by atoms with Crippen LogP contribution in [0.1, 0.15) is 41.0 Å². The maximum Gasteiger partial charge on any atom is 0.321 e. The first kappa shape index (κ1) is 16.1. The summed E-state index contributed by atoms with van der Waals surface area (Å²) in [5, 5.41) is 11.6. The molecule has 1 amide bonds. The highest BCUT2D eigenvalue weighted by molar-refractivity contribution is 7.87. The van der Waals surface area contributed by atoms with Gasteiger partial charge in [0.05, 0.1) is 0 Å². The molecule has 0 radical (unpaired) electrons. The van der Waals surface area contributed by atoms with Gasteiger partial charge in [-0.25, -0.2) is 0 Å². The Morgan fingerprint density at radius 3 is 2.06 bits per heavy atom. The lowest BCUT2D eigenvalue weighted by Gasteiger charge is -2.25. The van der Waals surface area contributed by atoms with E-state index in [-0.39, 0.29) is 17.2 Å². The van der Waals surface area contributed by atoms with Gasteiger partial charge in [0, 0.05) is 16.3 Å². The topological polar surface area (TPSA) is 83.5 Å². The molecule has 0 aromatic heterocycles. The van der Waals surface area contributed by atoms with Crippen LogP contribution in [0.15, 0.2) is 0 Å². The van der Waals surface area contributed by atoms with Crippen LogP contribution in [0.5, 0.6) is 0 Å². The third-order valence-electron chi connectivity index (χ3n) is 2.71. The Bertz CT molecular complexity index is 336. The molecule has 0 heterocycles. The largest absolute Gasteiger partial charge is 0.480 e. The van der Waals surface area contributed by atoms with Gasteiger partial charge in [-0.15, -0.1) is 0 Å². The lowest BCUT2D eigenvalue weighted by molar-refractivity contribution is -0.139. The van der Waals surface area contributed by atoms with Crippen LogP contribution in [0.2, 0.25) is 0 Å². The molecule has 6 heteroatoms. The van der Waals surface area contributed by atoms with Crippen molar-refractivity contribution in [2.75, 3.05) is 5.75 Å². The molecule has 0 aromatic carbocycles. The average Bonchev–Trinajstić information content (AvgIpc) is 2.16. The molecule has 0 aliphatic heterocycles. The van der Waals surface area contributed by atoms with E-state index in [2.05, 4.69) is 5.32 Å². The van der Waals surface area contributed by atoms with Crippen molar-refractivity contribution in [3.63, 3.8) is 0 Å². The van der Waals surface area contributed by atoms with Gasteiger partial charge < -0.3 is 10.4 Å². The number of carboxylic acid groups (broad SMARTS) is 1. The van der Waals surface area contributed by atoms with Crippen LogP contribution in [-0.4, -0.2) is 37.2 Å². The van der Waals surface area contributed by atoms with E-state index in [1.54, 1.807) is 0 Å². The highest BCUT2D eigenvalue weighted by Crippen LogP contribution is 2.14. The Hall–Kier alpha value is -0.910. The molecule has 0 aliphatic rings. The number of carbonyl (C=O) groups is 2. The number of hydrogen-bond acceptors (Lipinski definition) is 3. The van der Waals surface area contributed by atoms with Crippen molar-refractivity contribution in [3.05, 3.63) is 0 Å². The van der Waals surface area contributed by atoms with Gasteiger partial charge >= 0.3 is 5.97 Å². The van der Waals surface area contributed by atoms with Crippen LogP contribution in [0.3, 0.4) is 0 Å². The zero-order valence-corrected chi connectivity index (χ0v) is 11.8. The number of nitrogens with one attached hydrogen (secondary N) is 1. The van der Waals surface area contributed by atoms with Gasteiger partial charge in [-0.3, -0.25) is 13.8 Å². The van der Waals surface area contributed by atoms with Crippen molar-refractivity contribution in [1.82, 2.24) is 5.32 Å². The zero-order valence-electron chi connectivity index (χ0n) is 11.0. The summed E-state index contributed by atoms with van der Waals surface area (Å²) in [6.07, 6.45) is 0.744. The number of amides is 1. The molecule has 1 unspecified atom stereocenters. The average molecular weight is 263 g/mol. The first-order valence-corrected chi connectivity index (χ1v) is 6.77. The quantitative estimate of drug-likeness (QED) is 0.746. The maximum absolute atomic E-state index is 11.8. The molecule has 17 heavy (non-hydrogen) atoms. The van der Waals surface area contributed by atoms with Gasteiger partial charge in [0.1, 0.15) is 10.5 Å². The van der Waals surface area contributed by atoms with E-state index in [1.807, 2.05) is 20.8 Å². The molecule has 1 atom stereocenters. The summed E-state index contributed by atoms with van der Waals surface area (Å²) in [6, 6.07) is 0. The summed E-state index contributed by atoms with van der Waals surface area (Å²) in [5.41, 5.74) is -0.366. The molecular formula is C11H21NO4S. The third kappa shape index (κ3) is 4.85. The number of aliphatic carboxylic acids is 1. The van der Waals surface area contributed by atoms with Gasteiger partial charge in [0.25, 0.3) is 0 Å². The van der Waals surface area contributed by atoms with E-state index in [9.17, 15) is 13.8 Å². The van der Waals surface area contributed by atoms with E-state index in [4.69, 9.17) is 5.11 Å². The number of carbonyl (C=O) groups excluding carboxylic acids is 1. The molecule has 5 nitrogen and oxygen atoms in total. The predicted molar refractivity (Wildman–Crippen MR) is 67.2 cm³/mol. The minimum absolute atomic E-state index is 0.289. The summed E-state index contributed by atoms with van der Waals surface area (Å²) in [6.45, 7) is 8.35. The van der Waals surface area contributed by atoms with Crippen LogP contribution in [0.4, 0.5) is 0 Å². The van der Waals surface area contributed by atoms with Gasteiger partial charge in [0.15, 0.2) is 0 Å². The Morgan fingerprint density at radius 1 is 1.24 bits per heavy atom. The number of carboxylic acids is 1. The van der Waals surface area contributed by atoms with E-state index < -0.39 is 21.5 Å². The summed E-state index contributed by atoms with van der Waals surface area (Å²) in [4.78, 5) is 22.5. The molecule has 0 rings (SSSR count). The number of hydrogen-bond donors (Lipinski definition) is 2. The Balaban J connectivity index is 4.52. The van der Waals surface area contributed by atoms with Crippen molar-refractivity contribution in [1.29, 1.82) is 0 Å². The molecule has 0 bridgehead atoms. The Morgan fingerprint density at radius 2 is 1.71 bits per heavy atom. The molecule has 0 aliphatic carbocycles. The molecule has 0 spiro atoms. The van der Waals surface area contributed by atoms with Crippen LogP contribution in [0, 0.1) is 0 Å². The second-order valence-electron chi connectivity index (χ2n) is 5.09. The van der Waals surface area contributed by atoms with Gasteiger partial charge in [-0.1, -0.05) is 6.92 Å². The van der Waals surface area contributed by atoms with Crippen molar-refractivity contribution < 1.29 is 18.9 Å². The van der Waals surface area contributed by atoms with E-state index in [1.165, 1.54) is 13.8 Å². The standard InChI is InChI=1S/C11H21NO4S/c1-6-10(2,3)12-8(13)7-17(16)11(4,5)9(14)15/h6-7H2,1-5H3,(H,12,13)(H,14,15). The molecule has 2 N–H and O–H groups in total. The fraction of sp³-hybridized carbons (Fsp3) is 0.818. The van der Waals surface area contributed by atoms with Crippen LogP contribution in [-0.2, 0) is 20.4 Å². The summed E-state index contributed by atoms with van der Waals surface area (Å²) in [5.74, 6) is -1.84. The van der Waals surface area contributed by atoms with E-state index in [0.717, 1.165) is 6.42 Å². The molecule has 0 aromatic rings. The van der Waals surface area contributed by atoms with Crippen molar-refractivity contribution in [3.8, 4) is 0 Å². The smallest absolute Gasteiger partial charge is 0.321 e. The lowest BCUT2D eigenvalue weighted by Crippen LogP contribution is -2.47. The molecular weight excluding hydrogens is 242 g/mol. The second kappa shape index (κ2) is 5.62. The zero-order chi connectivity index (χ0) is 13.9. The highest BCUT2D eigenvalue weighted by atomic mass is 32.2. The van der Waals surface area contributed by atoms with Crippen molar-refractivity contribution >= 4 is 22.7 Å². The number of rotatable bonds is 6. The monoisotopic (exact) mass is 263 g/mol. The Labute approximate surface area is 104 Å². The van der Waals surface area contributed by atoms with Crippen LogP contribution >= 0.6 is 0 Å². The molecule has 0 saturated carbocycles. The third-order valence-corrected chi connectivity index (χ3v) is 4.55. The van der Waals surface area contributed by atoms with Gasteiger partial charge in [0.2, 0.25) is 5.91 Å². The minimum Gasteiger partial charge on any atom is -0.480 e. The summed E-state index contributed by atoms with van der Waals surface area (Å²) in [7, 11) is -1.74. The first-order valence-electron chi connectivity index (χ1n) is 5.46. The second-order valence-corrected chi connectivity index (χ2v) is 7.09. The van der Waals surface area contributed by atoms with E-state index in [0.29, 0.717) is 0 Å². The van der Waals surface area contributed by atoms with Gasteiger partial charge in [-0.05, 0) is 34.1 Å². The minimum atomic E-state index is -1.74.